The molecule has 140 valence electrons. The quantitative estimate of drug-likeness (QED) is 0.714. The molecular weight excluding hydrogens is 391 g/mol. The summed E-state index contributed by atoms with van der Waals surface area (Å²) in [6.07, 6.45) is 5.32. The minimum absolute atomic E-state index is 0.326. The Morgan fingerprint density at radius 1 is 1.37 bits per heavy atom. The molecule has 1 aliphatic rings. The van der Waals surface area contributed by atoms with E-state index in [1.165, 1.54) is 7.11 Å². The molecule has 1 fully saturated rings. The summed E-state index contributed by atoms with van der Waals surface area (Å²) in [5.74, 6) is -0.454. The van der Waals surface area contributed by atoms with Gasteiger partial charge in [-0.15, -0.1) is 0 Å². The van der Waals surface area contributed by atoms with Crippen LogP contribution < -0.4 is 4.90 Å². The highest BCUT2D eigenvalue weighted by Crippen LogP contribution is 2.36. The number of aliphatic carboxylic acids is 1. The fourth-order valence-electron chi connectivity index (χ4n) is 3.53. The third kappa shape index (κ3) is 3.01. The summed E-state index contributed by atoms with van der Waals surface area (Å²) in [5, 5.41) is 11.2. The molecule has 1 N–H and O–H groups in total. The highest BCUT2D eigenvalue weighted by molar-refractivity contribution is 6.45. The summed E-state index contributed by atoms with van der Waals surface area (Å²) in [6, 6.07) is 4.56. The van der Waals surface area contributed by atoms with Crippen LogP contribution in [0.3, 0.4) is 0 Å². The van der Waals surface area contributed by atoms with Crippen LogP contribution in [0.5, 0.6) is 0 Å². The Morgan fingerprint density at radius 3 is 2.85 bits per heavy atom. The van der Waals surface area contributed by atoms with Gasteiger partial charge in [-0.2, -0.15) is 0 Å². The number of rotatable bonds is 4. The first-order valence-corrected chi connectivity index (χ1v) is 9.06. The van der Waals surface area contributed by atoms with Crippen LogP contribution >= 0.6 is 23.2 Å². The summed E-state index contributed by atoms with van der Waals surface area (Å²) in [6.45, 7) is 0.509. The van der Waals surface area contributed by atoms with Crippen LogP contribution in [-0.2, 0) is 9.53 Å². The fourth-order valence-corrected chi connectivity index (χ4v) is 3.88. The van der Waals surface area contributed by atoms with Crippen molar-refractivity contribution in [1.82, 2.24) is 14.5 Å². The van der Waals surface area contributed by atoms with E-state index in [1.807, 2.05) is 16.7 Å². The van der Waals surface area contributed by atoms with E-state index >= 15 is 0 Å². The molecule has 0 radical (unpaired) electrons. The number of benzene rings is 1. The Bertz CT molecular complexity index is 1010. The van der Waals surface area contributed by atoms with Gasteiger partial charge in [-0.05, 0) is 18.6 Å². The van der Waals surface area contributed by atoms with Gasteiger partial charge in [-0.1, -0.05) is 23.2 Å². The summed E-state index contributed by atoms with van der Waals surface area (Å²) in [4.78, 5) is 22.3. The van der Waals surface area contributed by atoms with Gasteiger partial charge in [0.15, 0.2) is 6.04 Å². The number of carboxylic acid groups (broad SMARTS) is 1. The lowest BCUT2D eigenvalue weighted by molar-refractivity contribution is -0.141. The van der Waals surface area contributed by atoms with Gasteiger partial charge in [-0.3, -0.25) is 0 Å². The Balaban J connectivity index is 1.94. The molecule has 9 heteroatoms. The largest absolute Gasteiger partial charge is 0.480 e. The van der Waals surface area contributed by atoms with Crippen molar-refractivity contribution in [1.29, 1.82) is 0 Å². The molecule has 1 aliphatic heterocycles. The molecule has 0 unspecified atom stereocenters. The average molecular weight is 407 g/mol. The van der Waals surface area contributed by atoms with E-state index in [2.05, 4.69) is 9.97 Å². The number of carbonyl (C=O) groups is 1. The second-order valence-corrected chi connectivity index (χ2v) is 7.05. The van der Waals surface area contributed by atoms with E-state index in [0.29, 0.717) is 34.3 Å². The van der Waals surface area contributed by atoms with E-state index in [9.17, 15) is 9.90 Å². The van der Waals surface area contributed by atoms with Crippen molar-refractivity contribution in [2.45, 2.75) is 18.6 Å². The molecule has 7 nitrogen and oxygen atoms in total. The summed E-state index contributed by atoms with van der Waals surface area (Å²) in [5.41, 5.74) is 1.30. The van der Waals surface area contributed by atoms with Crippen LogP contribution in [0.15, 0.2) is 36.9 Å². The second-order valence-electron chi connectivity index (χ2n) is 6.27. The van der Waals surface area contributed by atoms with Crippen molar-refractivity contribution in [3.05, 3.63) is 47.0 Å². The fraction of sp³-hybridized carbons (Fsp3) is 0.278. The van der Waals surface area contributed by atoms with E-state index in [0.717, 1.165) is 11.1 Å². The van der Waals surface area contributed by atoms with Crippen molar-refractivity contribution in [2.24, 2.45) is 0 Å². The molecule has 0 aliphatic carbocycles. The number of nitrogens with zero attached hydrogens (tertiary/aromatic N) is 4. The number of fused-ring (bicyclic) bond motifs is 1. The highest BCUT2D eigenvalue weighted by atomic mass is 35.5. The highest BCUT2D eigenvalue weighted by Gasteiger charge is 2.40. The Hall–Kier alpha value is -2.35. The Labute approximate surface area is 165 Å². The molecule has 0 saturated carbocycles. The third-order valence-corrected chi connectivity index (χ3v) is 5.61. The number of hydrogen-bond donors (Lipinski definition) is 1. The summed E-state index contributed by atoms with van der Waals surface area (Å²) >= 11 is 12.6. The molecule has 0 bridgehead atoms. The van der Waals surface area contributed by atoms with Crippen molar-refractivity contribution in [3.8, 4) is 5.69 Å². The lowest BCUT2D eigenvalue weighted by Gasteiger charge is -2.26. The number of carboxylic acids is 1. The van der Waals surface area contributed by atoms with Crippen molar-refractivity contribution >= 4 is 45.9 Å². The number of halogens is 2. The number of ether oxygens (including phenoxy) is 1. The van der Waals surface area contributed by atoms with Crippen LogP contribution in [0.4, 0.5) is 5.82 Å². The van der Waals surface area contributed by atoms with Crippen molar-refractivity contribution in [2.75, 3.05) is 18.6 Å². The van der Waals surface area contributed by atoms with Crippen LogP contribution in [0.2, 0.25) is 10.0 Å². The maximum absolute atomic E-state index is 11.8. The molecule has 0 spiro atoms. The molecule has 1 aromatic carbocycles. The first kappa shape index (κ1) is 18.0. The van der Waals surface area contributed by atoms with Crippen molar-refractivity contribution < 1.29 is 14.6 Å². The van der Waals surface area contributed by atoms with Gasteiger partial charge in [-0.25, -0.2) is 14.8 Å². The lowest BCUT2D eigenvalue weighted by Crippen LogP contribution is -2.43. The minimum Gasteiger partial charge on any atom is -0.480 e. The standard InChI is InChI=1S/C18H16Cl2N4O3/c1-27-13-4-6-24(17(13)18(25)26)14-8-12(23-7-5-21-9-23)10-2-3-11(19)15(20)16(10)22-14/h2-3,5,7-9,13,17H,4,6H2,1H3,(H,25,26)/t13-,17+/m1/s1. The van der Waals surface area contributed by atoms with Gasteiger partial charge < -0.3 is 19.3 Å². The number of aromatic nitrogens is 3. The van der Waals surface area contributed by atoms with Crippen LogP contribution in [0, 0.1) is 0 Å². The van der Waals surface area contributed by atoms with Crippen molar-refractivity contribution in [3.63, 3.8) is 0 Å². The van der Waals surface area contributed by atoms with E-state index in [-0.39, 0.29) is 0 Å². The van der Waals surface area contributed by atoms with Gasteiger partial charge in [0.25, 0.3) is 0 Å². The minimum atomic E-state index is -0.956. The van der Waals surface area contributed by atoms with Gasteiger partial charge >= 0.3 is 5.97 Å². The summed E-state index contributed by atoms with van der Waals surface area (Å²) < 4.78 is 7.19. The molecule has 27 heavy (non-hydrogen) atoms. The first-order chi connectivity index (χ1) is 13.0. The summed E-state index contributed by atoms with van der Waals surface area (Å²) in [7, 11) is 1.52. The molecular formula is C18H16Cl2N4O3. The number of pyridine rings is 1. The van der Waals surface area contributed by atoms with Crippen LogP contribution in [0.1, 0.15) is 6.42 Å². The smallest absolute Gasteiger partial charge is 0.329 e. The number of methoxy groups -OCH3 is 1. The second kappa shape index (κ2) is 6.99. The maximum atomic E-state index is 11.8. The zero-order valence-electron chi connectivity index (χ0n) is 14.3. The molecule has 3 heterocycles. The van der Waals surface area contributed by atoms with Gasteiger partial charge in [0, 0.05) is 37.5 Å². The van der Waals surface area contributed by atoms with Gasteiger partial charge in [0.1, 0.15) is 5.82 Å². The Kier molecular flexibility index (Phi) is 4.67. The molecule has 3 aromatic rings. The number of imidazole rings is 1. The van der Waals surface area contributed by atoms with Gasteiger partial charge in [0.2, 0.25) is 0 Å². The number of anilines is 1. The maximum Gasteiger partial charge on any atom is 0.329 e. The zero-order valence-corrected chi connectivity index (χ0v) is 15.9. The molecule has 1 saturated heterocycles. The van der Waals surface area contributed by atoms with E-state index in [4.69, 9.17) is 27.9 Å². The predicted octanol–water partition coefficient (Wildman–Crippen LogP) is 3.41. The zero-order chi connectivity index (χ0) is 19.1. The molecule has 2 aromatic heterocycles. The topological polar surface area (TPSA) is 80.5 Å². The van der Waals surface area contributed by atoms with Gasteiger partial charge in [0.05, 0.1) is 33.7 Å². The first-order valence-electron chi connectivity index (χ1n) is 8.30. The third-order valence-electron chi connectivity index (χ3n) is 4.81. The number of hydrogen-bond acceptors (Lipinski definition) is 5. The average Bonchev–Trinajstić information content (AvgIpc) is 3.33. The van der Waals surface area contributed by atoms with Crippen LogP contribution in [-0.4, -0.2) is 51.4 Å². The SMILES string of the molecule is CO[C@@H]1CCN(c2cc(-n3ccnc3)c3ccc(Cl)c(Cl)c3n2)[C@@H]1C(=O)O. The molecule has 0 amide bonds. The van der Waals surface area contributed by atoms with E-state index in [1.54, 1.807) is 29.7 Å². The monoisotopic (exact) mass is 406 g/mol. The van der Waals surface area contributed by atoms with E-state index < -0.39 is 18.1 Å². The van der Waals surface area contributed by atoms with Crippen LogP contribution in [0.25, 0.3) is 16.6 Å². The molecule has 2 atom stereocenters. The Morgan fingerprint density at radius 2 is 2.19 bits per heavy atom. The predicted molar refractivity (Wildman–Crippen MR) is 103 cm³/mol. The molecule has 4 rings (SSSR count). The lowest BCUT2D eigenvalue weighted by atomic mass is 10.1. The normalized spacial score (nSPS) is 19.7.